The number of hydrogen-bond donors (Lipinski definition) is 1. The molecule has 34 heavy (non-hydrogen) atoms. The Labute approximate surface area is 202 Å². The molecule has 0 saturated carbocycles. The summed E-state index contributed by atoms with van der Waals surface area (Å²) in [6, 6.07) is 12.3. The lowest BCUT2D eigenvalue weighted by atomic mass is 9.98. The number of aryl methyl sites for hydroxylation is 2. The van der Waals surface area contributed by atoms with Gasteiger partial charge in [0.15, 0.2) is 5.76 Å². The van der Waals surface area contributed by atoms with Crippen LogP contribution < -0.4 is 9.80 Å². The average molecular weight is 475 g/mol. The molecular weight excluding hydrogens is 448 g/mol. The lowest BCUT2D eigenvalue weighted by molar-refractivity contribution is -0.117. The van der Waals surface area contributed by atoms with Crippen LogP contribution >= 0.6 is 11.3 Å². The lowest BCUT2D eigenvalue weighted by Gasteiger charge is -2.30. The molecule has 7 nitrogen and oxygen atoms in total. The molecule has 1 aromatic carbocycles. The smallest absolute Gasteiger partial charge is 0.294 e. The van der Waals surface area contributed by atoms with E-state index in [0.29, 0.717) is 22.0 Å². The van der Waals surface area contributed by atoms with Crippen molar-refractivity contribution in [3.05, 3.63) is 81.3 Å². The number of amides is 1. The fourth-order valence-corrected chi connectivity index (χ4v) is 5.64. The summed E-state index contributed by atoms with van der Waals surface area (Å²) < 4.78 is 0. The fourth-order valence-electron chi connectivity index (χ4n) is 4.76. The average Bonchev–Trinajstić information content (AvgIpc) is 3.35. The second-order valence-corrected chi connectivity index (χ2v) is 9.84. The molecule has 0 aliphatic carbocycles. The first-order chi connectivity index (χ1) is 16.5. The number of hydrogen-bond acceptors (Lipinski definition) is 7. The highest BCUT2D eigenvalue weighted by Gasteiger charge is 2.46. The van der Waals surface area contributed by atoms with Crippen molar-refractivity contribution < 1.29 is 14.7 Å². The number of Topliss-reactive ketones (excluding diaryl/α,β-unsaturated/α-hetero) is 1. The first-order valence-corrected chi connectivity index (χ1v) is 12.3. The van der Waals surface area contributed by atoms with Gasteiger partial charge in [-0.2, -0.15) is 0 Å². The molecule has 1 amide bonds. The van der Waals surface area contributed by atoms with Crippen molar-refractivity contribution in [1.29, 1.82) is 0 Å². The SMILES string of the molecule is Cc1nc(C)c(C(=O)C2=C(O)C(=O)N(c3ccc(N4CCCCC4)cc3)C2c2ccccn2)s1. The molecule has 0 bridgehead atoms. The van der Waals surface area contributed by atoms with Gasteiger partial charge in [-0.25, -0.2) is 4.98 Å². The van der Waals surface area contributed by atoms with Gasteiger partial charge in [0, 0.05) is 30.7 Å². The maximum atomic E-state index is 13.6. The molecule has 1 N–H and O–H groups in total. The van der Waals surface area contributed by atoms with E-state index in [0.717, 1.165) is 23.8 Å². The zero-order valence-electron chi connectivity index (χ0n) is 19.2. The molecule has 1 unspecified atom stereocenters. The molecule has 4 heterocycles. The zero-order chi connectivity index (χ0) is 23.8. The Bertz CT molecular complexity index is 1260. The van der Waals surface area contributed by atoms with E-state index in [4.69, 9.17) is 0 Å². The van der Waals surface area contributed by atoms with Crippen LogP contribution in [0.15, 0.2) is 60.0 Å². The summed E-state index contributed by atoms with van der Waals surface area (Å²) in [5.41, 5.74) is 2.85. The third kappa shape index (κ3) is 3.88. The van der Waals surface area contributed by atoms with E-state index in [2.05, 4.69) is 14.9 Å². The van der Waals surface area contributed by atoms with E-state index in [1.165, 1.54) is 35.5 Å². The van der Waals surface area contributed by atoms with Crippen molar-refractivity contribution in [3.8, 4) is 0 Å². The number of aliphatic hydroxyl groups is 1. The van der Waals surface area contributed by atoms with Crippen LogP contribution in [0.25, 0.3) is 0 Å². The number of thiazole rings is 1. The second kappa shape index (κ2) is 9.02. The van der Waals surface area contributed by atoms with Crippen molar-refractivity contribution in [2.75, 3.05) is 22.9 Å². The van der Waals surface area contributed by atoms with E-state index >= 15 is 0 Å². The third-order valence-corrected chi connectivity index (χ3v) is 7.45. The van der Waals surface area contributed by atoms with Gasteiger partial charge in [-0.3, -0.25) is 19.5 Å². The normalized spacial score (nSPS) is 18.6. The second-order valence-electron chi connectivity index (χ2n) is 8.64. The van der Waals surface area contributed by atoms with Gasteiger partial charge in [0.25, 0.3) is 5.91 Å². The Hall–Kier alpha value is -3.52. The highest BCUT2D eigenvalue weighted by molar-refractivity contribution is 7.14. The minimum Gasteiger partial charge on any atom is -0.503 e. The summed E-state index contributed by atoms with van der Waals surface area (Å²) >= 11 is 1.26. The predicted octanol–water partition coefficient (Wildman–Crippen LogP) is 4.93. The number of aromatic nitrogens is 2. The number of carbonyl (C=O) groups excluding carboxylic acids is 2. The zero-order valence-corrected chi connectivity index (χ0v) is 20.0. The van der Waals surface area contributed by atoms with Gasteiger partial charge >= 0.3 is 0 Å². The third-order valence-electron chi connectivity index (χ3n) is 6.38. The van der Waals surface area contributed by atoms with Crippen LogP contribution in [0.3, 0.4) is 0 Å². The van der Waals surface area contributed by atoms with E-state index in [1.54, 1.807) is 25.3 Å². The Kier molecular flexibility index (Phi) is 5.91. The van der Waals surface area contributed by atoms with E-state index in [-0.39, 0.29) is 5.57 Å². The number of pyridine rings is 1. The largest absolute Gasteiger partial charge is 0.503 e. The van der Waals surface area contributed by atoms with Crippen LogP contribution in [0.4, 0.5) is 11.4 Å². The topological polar surface area (TPSA) is 86.6 Å². The van der Waals surface area contributed by atoms with Gasteiger partial charge < -0.3 is 10.0 Å². The molecule has 5 rings (SSSR count). The van der Waals surface area contributed by atoms with Gasteiger partial charge in [-0.15, -0.1) is 11.3 Å². The van der Waals surface area contributed by atoms with E-state index in [9.17, 15) is 14.7 Å². The van der Waals surface area contributed by atoms with Crippen molar-refractivity contribution >= 4 is 34.4 Å². The monoisotopic (exact) mass is 474 g/mol. The van der Waals surface area contributed by atoms with Crippen molar-refractivity contribution in [1.82, 2.24) is 9.97 Å². The van der Waals surface area contributed by atoms with Gasteiger partial charge in [0.1, 0.15) is 6.04 Å². The van der Waals surface area contributed by atoms with E-state index < -0.39 is 23.5 Å². The summed E-state index contributed by atoms with van der Waals surface area (Å²) in [6.45, 7) is 5.63. The Morgan fingerprint density at radius 1 is 1.03 bits per heavy atom. The molecule has 1 saturated heterocycles. The highest BCUT2D eigenvalue weighted by atomic mass is 32.1. The first kappa shape index (κ1) is 22.3. The quantitative estimate of drug-likeness (QED) is 0.528. The molecule has 0 spiro atoms. The standard InChI is InChI=1S/C26H26N4O3S/c1-16-25(34-17(2)28-16)23(31)21-22(20-8-4-5-13-27-20)30(26(33)24(21)32)19-11-9-18(10-12-19)29-14-6-3-7-15-29/h4-5,8-13,22,32H,3,6-7,14-15H2,1-2H3. The van der Waals surface area contributed by atoms with Crippen LogP contribution in [0.5, 0.6) is 0 Å². The molecule has 1 atom stereocenters. The first-order valence-electron chi connectivity index (χ1n) is 11.5. The Balaban J connectivity index is 1.55. The van der Waals surface area contributed by atoms with Gasteiger partial charge in [0.2, 0.25) is 5.78 Å². The fraction of sp³-hybridized carbons (Fsp3) is 0.308. The van der Waals surface area contributed by atoms with Crippen LogP contribution in [-0.4, -0.2) is 39.9 Å². The van der Waals surface area contributed by atoms with Crippen molar-refractivity contribution in [2.24, 2.45) is 0 Å². The summed E-state index contributed by atoms with van der Waals surface area (Å²) in [6.07, 6.45) is 5.22. The molecule has 8 heteroatoms. The van der Waals surface area contributed by atoms with Crippen LogP contribution in [-0.2, 0) is 4.79 Å². The molecule has 3 aromatic rings. The number of carbonyl (C=O) groups is 2. The molecule has 174 valence electrons. The van der Waals surface area contributed by atoms with Gasteiger partial charge in [-0.1, -0.05) is 6.07 Å². The molecular formula is C26H26N4O3S. The van der Waals surface area contributed by atoms with Crippen LogP contribution in [0.1, 0.15) is 51.4 Å². The highest BCUT2D eigenvalue weighted by Crippen LogP contribution is 2.42. The number of anilines is 2. The Morgan fingerprint density at radius 2 is 1.74 bits per heavy atom. The number of aliphatic hydroxyl groups excluding tert-OH is 1. The summed E-state index contributed by atoms with van der Waals surface area (Å²) in [5.74, 6) is -1.54. The summed E-state index contributed by atoms with van der Waals surface area (Å²) in [5, 5.41) is 11.7. The number of rotatable bonds is 5. The number of nitrogens with zero attached hydrogens (tertiary/aromatic N) is 4. The molecule has 2 aromatic heterocycles. The van der Waals surface area contributed by atoms with Gasteiger partial charge in [0.05, 0.1) is 26.8 Å². The molecule has 1 fully saturated rings. The number of ketones is 1. The van der Waals surface area contributed by atoms with Crippen LogP contribution in [0, 0.1) is 13.8 Å². The minimum atomic E-state index is -0.830. The van der Waals surface area contributed by atoms with Crippen molar-refractivity contribution in [3.63, 3.8) is 0 Å². The molecule has 0 radical (unpaired) electrons. The van der Waals surface area contributed by atoms with Crippen LogP contribution in [0.2, 0.25) is 0 Å². The molecule has 2 aliphatic heterocycles. The summed E-state index contributed by atoms with van der Waals surface area (Å²) in [4.78, 5) is 39.9. The number of piperidine rings is 1. The maximum absolute atomic E-state index is 13.6. The number of benzene rings is 1. The van der Waals surface area contributed by atoms with Gasteiger partial charge in [-0.05, 0) is 69.5 Å². The maximum Gasteiger partial charge on any atom is 0.294 e. The predicted molar refractivity (Wildman–Crippen MR) is 133 cm³/mol. The summed E-state index contributed by atoms with van der Waals surface area (Å²) in [7, 11) is 0. The lowest BCUT2D eigenvalue weighted by Crippen LogP contribution is -2.32. The molecule has 2 aliphatic rings. The minimum absolute atomic E-state index is 0.0376. The van der Waals surface area contributed by atoms with E-state index in [1.807, 2.05) is 37.3 Å². The Morgan fingerprint density at radius 3 is 2.35 bits per heavy atom. The van der Waals surface area contributed by atoms with Crippen molar-refractivity contribution in [2.45, 2.75) is 39.2 Å².